The van der Waals surface area contributed by atoms with Crippen molar-refractivity contribution in [1.82, 2.24) is 0 Å². The van der Waals surface area contributed by atoms with Crippen LogP contribution in [0.4, 0.5) is 0 Å². The van der Waals surface area contributed by atoms with E-state index in [4.69, 9.17) is 40.8 Å². The van der Waals surface area contributed by atoms with Crippen molar-refractivity contribution >= 4 is 38.9 Å². The average Bonchev–Trinajstić information content (AvgIpc) is 3.79. The molecule has 0 aliphatic carbocycles. The molecule has 6 unspecified atom stereocenters. The minimum atomic E-state index is -3.59. The van der Waals surface area contributed by atoms with E-state index in [1.807, 2.05) is 6.07 Å². The summed E-state index contributed by atoms with van der Waals surface area (Å²) in [7, 11) is -11.3. The van der Waals surface area contributed by atoms with Gasteiger partial charge in [-0.2, -0.15) is 0 Å². The van der Waals surface area contributed by atoms with E-state index < -0.39 is 33.8 Å². The molecule has 0 spiro atoms. The Bertz CT molecular complexity index is 894. The van der Waals surface area contributed by atoms with Gasteiger partial charge in [0.25, 0.3) is 0 Å². The van der Waals surface area contributed by atoms with Gasteiger partial charge in [-0.1, -0.05) is 51.1 Å². The third-order valence-electron chi connectivity index (χ3n) is 8.42. The molecule has 3 fully saturated rings. The average molecular weight is 673 g/mol. The maximum atomic E-state index is 7.53. The van der Waals surface area contributed by atoms with Crippen molar-refractivity contribution in [3.8, 4) is 0 Å². The topological polar surface area (TPSA) is 93.0 Å². The van der Waals surface area contributed by atoms with Gasteiger partial charge in [-0.25, -0.2) is 0 Å². The number of hydrogen-bond acceptors (Lipinski definition) is 9. The van der Waals surface area contributed by atoms with Crippen LogP contribution in [-0.4, -0.2) is 109 Å². The lowest BCUT2D eigenvalue weighted by atomic mass is 10.4. The van der Waals surface area contributed by atoms with Crippen LogP contribution in [0.2, 0.25) is 39.3 Å². The second-order valence-electron chi connectivity index (χ2n) is 13.6. The molecule has 1 aromatic rings. The summed E-state index contributed by atoms with van der Waals surface area (Å²) in [6, 6.07) is 10.4. The number of epoxide rings is 3. The van der Waals surface area contributed by atoms with Gasteiger partial charge in [0.15, 0.2) is 0 Å². The third-order valence-corrected chi connectivity index (χ3v) is 25.4. The molecule has 0 bridgehead atoms. The van der Waals surface area contributed by atoms with Crippen LogP contribution in [0.3, 0.4) is 0 Å². The van der Waals surface area contributed by atoms with Gasteiger partial charge < -0.3 is 40.8 Å². The molecular weight excluding hydrogens is 617 g/mol. The van der Waals surface area contributed by atoms with E-state index in [0.717, 1.165) is 44.3 Å². The van der Waals surface area contributed by atoms with Gasteiger partial charge in [0.2, 0.25) is 25.0 Å². The molecule has 3 aliphatic rings. The lowest BCUT2D eigenvalue weighted by molar-refractivity contribution is 0.0613. The molecular formula is C30H56O9Si4. The molecule has 0 amide bonds. The third kappa shape index (κ3) is 10.4. The summed E-state index contributed by atoms with van der Waals surface area (Å²) < 4.78 is 58.4. The molecule has 0 aromatic heterocycles. The molecule has 0 saturated carbocycles. The molecule has 246 valence electrons. The molecule has 43 heavy (non-hydrogen) atoms. The van der Waals surface area contributed by atoms with Gasteiger partial charge >= 0.3 is 8.80 Å². The Morgan fingerprint density at radius 3 is 1.14 bits per heavy atom. The van der Waals surface area contributed by atoms with Crippen LogP contribution >= 0.6 is 0 Å². The van der Waals surface area contributed by atoms with Crippen LogP contribution in [0.1, 0.15) is 40.0 Å². The van der Waals surface area contributed by atoms with Crippen molar-refractivity contribution in [3.05, 3.63) is 30.3 Å². The Labute approximate surface area is 263 Å². The lowest BCUT2D eigenvalue weighted by Crippen LogP contribution is -2.72. The highest BCUT2D eigenvalue weighted by Crippen LogP contribution is 2.33. The zero-order valence-corrected chi connectivity index (χ0v) is 31.9. The van der Waals surface area contributed by atoms with E-state index in [0.29, 0.717) is 19.8 Å². The minimum absolute atomic E-state index is 0.0375. The second-order valence-corrected chi connectivity index (χ2v) is 29.3. The Morgan fingerprint density at radius 1 is 0.581 bits per heavy atom. The summed E-state index contributed by atoms with van der Waals surface area (Å²) in [5.74, 6) is 0. The molecule has 3 saturated heterocycles. The summed E-state index contributed by atoms with van der Waals surface area (Å²) >= 11 is 0. The number of ether oxygens (including phenoxy) is 6. The Hall–Kier alpha value is -0.272. The maximum absolute atomic E-state index is 7.53. The first-order chi connectivity index (χ1) is 20.3. The number of hydrogen-bond donors (Lipinski definition) is 0. The lowest BCUT2D eigenvalue weighted by Gasteiger charge is -2.48. The van der Waals surface area contributed by atoms with Crippen molar-refractivity contribution in [1.29, 1.82) is 0 Å². The first-order valence-electron chi connectivity index (χ1n) is 16.2. The molecule has 4 rings (SSSR count). The van der Waals surface area contributed by atoms with Crippen molar-refractivity contribution in [2.24, 2.45) is 0 Å². The molecule has 0 N–H and O–H groups in total. The predicted molar refractivity (Wildman–Crippen MR) is 177 cm³/mol. The van der Waals surface area contributed by atoms with E-state index >= 15 is 0 Å². The summed E-state index contributed by atoms with van der Waals surface area (Å²) in [6.07, 6.45) is 3.10. The largest absolute Gasteiger partial charge is 0.506 e. The fourth-order valence-corrected chi connectivity index (χ4v) is 23.7. The summed E-state index contributed by atoms with van der Waals surface area (Å²) in [4.78, 5) is 0. The fraction of sp³-hybridized carbons (Fsp3) is 0.800. The van der Waals surface area contributed by atoms with Crippen molar-refractivity contribution in [3.63, 3.8) is 0 Å². The van der Waals surface area contributed by atoms with Crippen LogP contribution in [0, 0.1) is 0 Å². The summed E-state index contributed by atoms with van der Waals surface area (Å²) in [5.41, 5.74) is -0.112. The van der Waals surface area contributed by atoms with Crippen molar-refractivity contribution in [2.75, 3.05) is 39.6 Å². The molecule has 1 aromatic carbocycles. The standard InChI is InChI=1S/C30H56O9Si4/c1-10-28(34-21-24-18-31-24)40(4,5)37-43(27-16-14-13-15-17-27,38-41(6,7)29(11-2)35-22-25-19-32-25)39-42(8,9)30(12-3)36-23-26-20-33-26/h13-17,24-26,28-30H,10-12,18-23H2,1-9H3. The van der Waals surface area contributed by atoms with Crippen LogP contribution < -0.4 is 5.19 Å². The SMILES string of the molecule is CCC(OCC1CO1)[Si](C)(C)O[Si](O[Si](C)(C)C(CC)OCC1CO1)(O[Si](C)(C)C(CC)OCC1CO1)c1ccccc1. The van der Waals surface area contributed by atoms with Crippen molar-refractivity contribution < 1.29 is 40.8 Å². The highest BCUT2D eigenvalue weighted by Gasteiger charge is 2.58. The molecule has 3 heterocycles. The summed E-state index contributed by atoms with van der Waals surface area (Å²) in [6.45, 7) is 24.0. The maximum Gasteiger partial charge on any atom is 0.506 e. The molecule has 13 heteroatoms. The molecule has 9 nitrogen and oxygen atoms in total. The zero-order chi connectivity index (χ0) is 31.3. The van der Waals surface area contributed by atoms with E-state index in [9.17, 15) is 0 Å². The molecule has 3 aliphatic heterocycles. The van der Waals surface area contributed by atoms with Gasteiger partial charge in [-0.05, 0) is 58.5 Å². The van der Waals surface area contributed by atoms with E-state index in [2.05, 4.69) is 84.3 Å². The van der Waals surface area contributed by atoms with Gasteiger partial charge in [0.05, 0.1) is 56.8 Å². The van der Waals surface area contributed by atoms with Crippen molar-refractivity contribution in [2.45, 2.75) is 115 Å². The Kier molecular flexibility index (Phi) is 12.5. The smallest absolute Gasteiger partial charge is 0.411 e. The van der Waals surface area contributed by atoms with Crippen LogP contribution in [0.15, 0.2) is 30.3 Å². The van der Waals surface area contributed by atoms with Gasteiger partial charge in [-0.3, -0.25) is 0 Å². The van der Waals surface area contributed by atoms with Crippen LogP contribution in [0.5, 0.6) is 0 Å². The quantitative estimate of drug-likeness (QED) is 0.128. The number of benzene rings is 1. The Balaban J connectivity index is 1.71. The molecule has 6 atom stereocenters. The first-order valence-corrected chi connectivity index (χ1v) is 26.9. The molecule has 0 radical (unpaired) electrons. The van der Waals surface area contributed by atoms with Gasteiger partial charge in [0.1, 0.15) is 18.3 Å². The predicted octanol–water partition coefficient (Wildman–Crippen LogP) is 4.70. The zero-order valence-electron chi connectivity index (χ0n) is 27.9. The highest BCUT2D eigenvalue weighted by atomic mass is 28.5. The fourth-order valence-electron chi connectivity index (χ4n) is 5.71. The summed E-state index contributed by atoms with van der Waals surface area (Å²) in [5, 5.41) is 0.984. The van der Waals surface area contributed by atoms with E-state index in [-0.39, 0.29) is 35.5 Å². The normalized spacial score (nSPS) is 25.6. The highest BCUT2D eigenvalue weighted by molar-refractivity contribution is 6.96. The van der Waals surface area contributed by atoms with E-state index in [1.165, 1.54) is 0 Å². The van der Waals surface area contributed by atoms with Gasteiger partial charge in [-0.15, -0.1) is 0 Å². The minimum Gasteiger partial charge on any atom is -0.411 e. The monoisotopic (exact) mass is 672 g/mol. The van der Waals surface area contributed by atoms with E-state index in [1.54, 1.807) is 0 Å². The number of rotatable bonds is 22. The Morgan fingerprint density at radius 2 is 0.884 bits per heavy atom. The second kappa shape index (κ2) is 15.1. The van der Waals surface area contributed by atoms with Gasteiger partial charge in [0, 0.05) is 5.19 Å². The van der Waals surface area contributed by atoms with Crippen LogP contribution in [-0.2, 0) is 40.8 Å². The van der Waals surface area contributed by atoms with Crippen LogP contribution in [0.25, 0.3) is 0 Å². The first kappa shape index (κ1) is 35.6.